The molecule has 0 spiro atoms. The Balaban J connectivity index is 1.84. The van der Waals surface area contributed by atoms with Gasteiger partial charge < -0.3 is 9.64 Å². The van der Waals surface area contributed by atoms with Crippen LogP contribution in [0.15, 0.2) is 41.3 Å². The molecule has 2 aromatic carbocycles. The van der Waals surface area contributed by atoms with Crippen molar-refractivity contribution >= 4 is 15.9 Å². The van der Waals surface area contributed by atoms with Gasteiger partial charge in [-0.3, -0.25) is 4.79 Å². The molecular weight excluding hydrogens is 424 g/mol. The van der Waals surface area contributed by atoms with E-state index in [1.54, 1.807) is 11.0 Å². The van der Waals surface area contributed by atoms with Crippen LogP contribution in [0.25, 0.3) is 0 Å². The summed E-state index contributed by atoms with van der Waals surface area (Å²) in [5.41, 5.74) is 3.55. The maximum Gasteiger partial charge on any atom is 0.257 e. The van der Waals surface area contributed by atoms with Crippen molar-refractivity contribution in [3.8, 4) is 5.75 Å². The Morgan fingerprint density at radius 3 is 2.41 bits per heavy atom. The predicted molar refractivity (Wildman–Crippen MR) is 127 cm³/mol. The summed E-state index contributed by atoms with van der Waals surface area (Å²) in [7, 11) is -2.31. The maximum atomic E-state index is 13.1. The van der Waals surface area contributed by atoms with E-state index in [0.717, 1.165) is 36.8 Å². The number of likely N-dealkylation sites (tertiary alicyclic amines) is 1. The van der Waals surface area contributed by atoms with Crippen LogP contribution in [0.2, 0.25) is 0 Å². The lowest BCUT2D eigenvalue weighted by Crippen LogP contribution is -2.38. The molecule has 0 aromatic heterocycles. The molecule has 1 aliphatic heterocycles. The molecular formula is C25H34N2O4S. The standard InChI is InChI=1S/C25H34N2O4S/c1-5-19-7-8-20(6-2)21(15-19)17-26-32(29,30)22-9-10-24(31-4)23(16-22)25(28)27-13-11-18(3)12-14-27/h7-10,15-16,18,26H,5-6,11-14,17H2,1-4H3. The Hall–Kier alpha value is -2.38. The zero-order valence-corrected chi connectivity index (χ0v) is 20.3. The number of carbonyl (C=O) groups excluding carboxylic acids is 1. The van der Waals surface area contributed by atoms with Crippen molar-refractivity contribution in [1.29, 1.82) is 0 Å². The van der Waals surface area contributed by atoms with E-state index in [1.165, 1.54) is 24.8 Å². The van der Waals surface area contributed by atoms with Gasteiger partial charge in [-0.2, -0.15) is 0 Å². The van der Waals surface area contributed by atoms with Crippen LogP contribution in [0.3, 0.4) is 0 Å². The lowest BCUT2D eigenvalue weighted by atomic mass is 9.98. The second-order valence-electron chi connectivity index (χ2n) is 8.47. The molecule has 1 heterocycles. The molecule has 0 bridgehead atoms. The number of hydrogen-bond acceptors (Lipinski definition) is 4. The van der Waals surface area contributed by atoms with Crippen molar-refractivity contribution < 1.29 is 17.9 Å². The fourth-order valence-corrected chi connectivity index (χ4v) is 5.10. The van der Waals surface area contributed by atoms with Crippen molar-refractivity contribution in [2.45, 2.75) is 57.9 Å². The number of amides is 1. The van der Waals surface area contributed by atoms with Crippen molar-refractivity contribution in [2.24, 2.45) is 5.92 Å². The lowest BCUT2D eigenvalue weighted by Gasteiger charge is -2.30. The zero-order valence-electron chi connectivity index (χ0n) is 19.5. The van der Waals surface area contributed by atoms with Gasteiger partial charge in [0.2, 0.25) is 10.0 Å². The first kappa shape index (κ1) is 24.3. The molecule has 174 valence electrons. The highest BCUT2D eigenvalue weighted by molar-refractivity contribution is 7.89. The van der Waals surface area contributed by atoms with Gasteiger partial charge in [-0.05, 0) is 66.5 Å². The van der Waals surface area contributed by atoms with E-state index in [2.05, 4.69) is 43.7 Å². The van der Waals surface area contributed by atoms with Gasteiger partial charge in [0.05, 0.1) is 17.6 Å². The maximum absolute atomic E-state index is 13.1. The minimum atomic E-state index is -3.80. The number of benzene rings is 2. The third-order valence-electron chi connectivity index (χ3n) is 6.29. The summed E-state index contributed by atoms with van der Waals surface area (Å²) in [6.07, 6.45) is 3.62. The molecule has 1 fully saturated rings. The molecule has 3 rings (SSSR count). The topological polar surface area (TPSA) is 75.7 Å². The fraction of sp³-hybridized carbons (Fsp3) is 0.480. The monoisotopic (exact) mass is 458 g/mol. The highest BCUT2D eigenvalue weighted by atomic mass is 32.2. The molecule has 6 nitrogen and oxygen atoms in total. The van der Waals surface area contributed by atoms with Crippen LogP contribution in [0.5, 0.6) is 5.75 Å². The average molecular weight is 459 g/mol. The van der Waals surface area contributed by atoms with E-state index in [1.807, 2.05) is 0 Å². The molecule has 7 heteroatoms. The van der Waals surface area contributed by atoms with E-state index in [-0.39, 0.29) is 22.9 Å². The number of methoxy groups -OCH3 is 1. The minimum absolute atomic E-state index is 0.0664. The first-order valence-electron chi connectivity index (χ1n) is 11.4. The van der Waals surface area contributed by atoms with Crippen LogP contribution in [0.4, 0.5) is 0 Å². The van der Waals surface area contributed by atoms with Gasteiger partial charge >= 0.3 is 0 Å². The molecule has 32 heavy (non-hydrogen) atoms. The van der Waals surface area contributed by atoms with Crippen LogP contribution in [0.1, 0.15) is 60.7 Å². The van der Waals surface area contributed by atoms with Gasteiger partial charge in [0.1, 0.15) is 5.75 Å². The summed E-state index contributed by atoms with van der Waals surface area (Å²) >= 11 is 0. The van der Waals surface area contributed by atoms with Crippen LogP contribution in [0, 0.1) is 5.92 Å². The molecule has 1 saturated heterocycles. The molecule has 0 atom stereocenters. The van der Waals surface area contributed by atoms with Crippen molar-refractivity contribution in [3.63, 3.8) is 0 Å². The molecule has 0 unspecified atom stereocenters. The van der Waals surface area contributed by atoms with E-state index in [9.17, 15) is 13.2 Å². The number of nitrogens with one attached hydrogen (secondary N) is 1. The largest absolute Gasteiger partial charge is 0.496 e. The third kappa shape index (κ3) is 5.51. The zero-order chi connectivity index (χ0) is 23.3. The third-order valence-corrected chi connectivity index (χ3v) is 7.69. The number of carbonyl (C=O) groups is 1. The van der Waals surface area contributed by atoms with Gasteiger partial charge in [0.15, 0.2) is 0 Å². The highest BCUT2D eigenvalue weighted by Crippen LogP contribution is 2.26. The Bertz CT molecular complexity index is 1060. The van der Waals surface area contributed by atoms with Gasteiger partial charge in [-0.1, -0.05) is 39.0 Å². The summed E-state index contributed by atoms with van der Waals surface area (Å²) in [4.78, 5) is 15.0. The van der Waals surface area contributed by atoms with Crippen molar-refractivity contribution in [2.75, 3.05) is 20.2 Å². The first-order valence-corrected chi connectivity index (χ1v) is 12.8. The normalized spacial score (nSPS) is 15.1. The molecule has 0 saturated carbocycles. The predicted octanol–water partition coefficient (Wildman–Crippen LogP) is 4.17. The number of ether oxygens (including phenoxy) is 1. The van der Waals surface area contributed by atoms with Gasteiger partial charge in [0.25, 0.3) is 5.91 Å². The van der Waals surface area contributed by atoms with E-state index < -0.39 is 10.0 Å². The second-order valence-corrected chi connectivity index (χ2v) is 10.2. The molecule has 1 N–H and O–H groups in total. The first-order chi connectivity index (χ1) is 15.3. The second kappa shape index (κ2) is 10.5. The minimum Gasteiger partial charge on any atom is -0.496 e. The molecule has 1 aliphatic rings. The Morgan fingerprint density at radius 2 is 1.78 bits per heavy atom. The quantitative estimate of drug-likeness (QED) is 0.644. The van der Waals surface area contributed by atoms with Crippen LogP contribution < -0.4 is 9.46 Å². The lowest BCUT2D eigenvalue weighted by molar-refractivity contribution is 0.0693. The fourth-order valence-electron chi connectivity index (χ4n) is 4.07. The number of nitrogens with zero attached hydrogens (tertiary/aromatic N) is 1. The Kier molecular flexibility index (Phi) is 7.96. The number of piperidine rings is 1. The Labute approximate surface area is 192 Å². The van der Waals surface area contributed by atoms with Crippen molar-refractivity contribution in [1.82, 2.24) is 9.62 Å². The van der Waals surface area contributed by atoms with E-state index >= 15 is 0 Å². The smallest absolute Gasteiger partial charge is 0.257 e. The van der Waals surface area contributed by atoms with Gasteiger partial charge in [0, 0.05) is 19.6 Å². The molecule has 0 aliphatic carbocycles. The number of aryl methyl sites for hydroxylation is 2. The van der Waals surface area contributed by atoms with Crippen LogP contribution >= 0.6 is 0 Å². The van der Waals surface area contributed by atoms with Crippen LogP contribution in [-0.4, -0.2) is 39.4 Å². The van der Waals surface area contributed by atoms with E-state index in [4.69, 9.17) is 4.74 Å². The summed E-state index contributed by atoms with van der Waals surface area (Å²) in [6, 6.07) is 10.7. The van der Waals surface area contributed by atoms with E-state index in [0.29, 0.717) is 24.8 Å². The Morgan fingerprint density at radius 1 is 1.06 bits per heavy atom. The molecule has 2 aromatic rings. The number of rotatable bonds is 8. The number of hydrogen-bond donors (Lipinski definition) is 1. The van der Waals surface area contributed by atoms with Crippen LogP contribution in [-0.2, 0) is 29.4 Å². The van der Waals surface area contributed by atoms with Crippen molar-refractivity contribution in [3.05, 3.63) is 58.7 Å². The summed E-state index contributed by atoms with van der Waals surface area (Å²) in [5.74, 6) is 0.794. The van der Waals surface area contributed by atoms with Gasteiger partial charge in [-0.25, -0.2) is 13.1 Å². The summed E-state index contributed by atoms with van der Waals surface area (Å²) in [6.45, 7) is 7.87. The highest BCUT2D eigenvalue weighted by Gasteiger charge is 2.26. The van der Waals surface area contributed by atoms with Gasteiger partial charge in [-0.15, -0.1) is 0 Å². The molecule has 0 radical (unpaired) electrons. The molecule has 1 amide bonds. The number of sulfonamides is 1. The average Bonchev–Trinajstić information content (AvgIpc) is 2.82. The summed E-state index contributed by atoms with van der Waals surface area (Å²) < 4.78 is 34.2. The SMILES string of the molecule is CCc1ccc(CC)c(CNS(=O)(=O)c2ccc(OC)c(C(=O)N3CCC(C)CC3)c2)c1. The summed E-state index contributed by atoms with van der Waals surface area (Å²) in [5, 5.41) is 0.